The van der Waals surface area contributed by atoms with Gasteiger partial charge in [0.05, 0.1) is 11.7 Å². The Morgan fingerprint density at radius 2 is 2.00 bits per heavy atom. The summed E-state index contributed by atoms with van der Waals surface area (Å²) in [5, 5.41) is 7.52. The summed E-state index contributed by atoms with van der Waals surface area (Å²) in [6, 6.07) is 11.3. The minimum Gasteiger partial charge on any atom is -0.320 e. The van der Waals surface area contributed by atoms with Crippen molar-refractivity contribution in [3.8, 4) is 0 Å². The molecule has 1 amide bonds. The van der Waals surface area contributed by atoms with E-state index in [9.17, 15) is 4.79 Å². The number of rotatable bonds is 5. The molecule has 0 saturated heterocycles. The van der Waals surface area contributed by atoms with Gasteiger partial charge in [0.2, 0.25) is 5.91 Å². The molecule has 1 aromatic carbocycles. The number of nitrogens with zero attached hydrogens (tertiary/aromatic N) is 2. The minimum absolute atomic E-state index is 0.169. The maximum Gasteiger partial charge on any atom is 0.242 e. The number of benzene rings is 1. The second kappa shape index (κ2) is 7.62. The van der Waals surface area contributed by atoms with Crippen LogP contribution in [-0.4, -0.2) is 21.7 Å². The predicted octanol–water partition coefficient (Wildman–Crippen LogP) is 2.98. The molecular formula is C19H26N4O. The lowest BCUT2D eigenvalue weighted by atomic mass is 9.87. The van der Waals surface area contributed by atoms with Crippen molar-refractivity contribution in [2.75, 3.05) is 5.32 Å². The largest absolute Gasteiger partial charge is 0.320 e. The number of aromatic nitrogens is 2. The van der Waals surface area contributed by atoms with E-state index in [2.05, 4.69) is 10.4 Å². The molecule has 5 heteroatoms. The van der Waals surface area contributed by atoms with E-state index in [0.717, 1.165) is 17.1 Å². The fourth-order valence-corrected chi connectivity index (χ4v) is 3.38. The van der Waals surface area contributed by atoms with Crippen molar-refractivity contribution < 1.29 is 4.79 Å². The Hall–Kier alpha value is -2.14. The molecule has 1 atom stereocenters. The van der Waals surface area contributed by atoms with Crippen molar-refractivity contribution in [1.29, 1.82) is 0 Å². The lowest BCUT2D eigenvalue weighted by molar-refractivity contribution is -0.117. The predicted molar refractivity (Wildman–Crippen MR) is 95.8 cm³/mol. The summed E-state index contributed by atoms with van der Waals surface area (Å²) >= 11 is 0. The van der Waals surface area contributed by atoms with Crippen LogP contribution in [0.1, 0.15) is 49.3 Å². The van der Waals surface area contributed by atoms with Crippen LogP contribution in [0.25, 0.3) is 0 Å². The summed E-state index contributed by atoms with van der Waals surface area (Å²) in [7, 11) is 1.87. The third-order valence-corrected chi connectivity index (χ3v) is 4.81. The Morgan fingerprint density at radius 1 is 1.29 bits per heavy atom. The first-order valence-corrected chi connectivity index (χ1v) is 8.78. The maximum absolute atomic E-state index is 12.4. The van der Waals surface area contributed by atoms with Crippen molar-refractivity contribution in [2.45, 2.75) is 50.5 Å². The van der Waals surface area contributed by atoms with E-state index in [1.807, 2.05) is 43.4 Å². The summed E-state index contributed by atoms with van der Waals surface area (Å²) in [4.78, 5) is 12.4. The van der Waals surface area contributed by atoms with Crippen LogP contribution in [-0.2, 0) is 18.3 Å². The van der Waals surface area contributed by atoms with Crippen LogP contribution < -0.4 is 11.1 Å². The summed E-state index contributed by atoms with van der Waals surface area (Å²) in [6.45, 7) is 0. The fraction of sp³-hybridized carbons (Fsp3) is 0.474. The molecule has 1 heterocycles. The zero-order valence-electron chi connectivity index (χ0n) is 14.2. The molecule has 128 valence electrons. The molecule has 1 aliphatic rings. The standard InChI is InChI=1S/C19H26N4O/c1-23-18(13-17(22-23)15-10-6-3-7-11-15)21-19(24)16(20)12-14-8-4-2-5-9-14/h2,4-5,8-9,13,15-16H,3,6-7,10-12,20H2,1H3,(H,21,24)/t16-/m0/s1. The van der Waals surface area contributed by atoms with Crippen LogP contribution in [0, 0.1) is 0 Å². The molecule has 1 fully saturated rings. The number of carbonyl (C=O) groups excluding carboxylic acids is 1. The number of amides is 1. The normalized spacial score (nSPS) is 16.8. The molecule has 0 spiro atoms. The summed E-state index contributed by atoms with van der Waals surface area (Å²) in [5.41, 5.74) is 8.21. The Kier molecular flexibility index (Phi) is 5.30. The molecule has 1 aliphatic carbocycles. The Morgan fingerprint density at radius 3 is 2.71 bits per heavy atom. The number of hydrogen-bond acceptors (Lipinski definition) is 3. The number of nitrogens with two attached hydrogens (primary N) is 1. The average Bonchev–Trinajstić information content (AvgIpc) is 2.97. The van der Waals surface area contributed by atoms with Gasteiger partial charge in [0, 0.05) is 19.0 Å². The molecule has 0 radical (unpaired) electrons. The zero-order valence-corrected chi connectivity index (χ0v) is 14.2. The van der Waals surface area contributed by atoms with Crippen molar-refractivity contribution in [3.05, 3.63) is 47.7 Å². The molecule has 1 aromatic heterocycles. The van der Waals surface area contributed by atoms with E-state index in [4.69, 9.17) is 5.73 Å². The van der Waals surface area contributed by atoms with Gasteiger partial charge in [0.15, 0.2) is 0 Å². The number of carbonyl (C=O) groups is 1. The minimum atomic E-state index is -0.569. The smallest absolute Gasteiger partial charge is 0.242 e. The van der Waals surface area contributed by atoms with Gasteiger partial charge in [-0.05, 0) is 24.8 Å². The van der Waals surface area contributed by atoms with Gasteiger partial charge in [-0.3, -0.25) is 9.48 Å². The van der Waals surface area contributed by atoms with Crippen LogP contribution in [0.2, 0.25) is 0 Å². The van der Waals surface area contributed by atoms with Gasteiger partial charge in [-0.15, -0.1) is 0 Å². The molecule has 0 aliphatic heterocycles. The van der Waals surface area contributed by atoms with E-state index in [-0.39, 0.29) is 5.91 Å². The summed E-state index contributed by atoms with van der Waals surface area (Å²) in [5.74, 6) is 1.08. The quantitative estimate of drug-likeness (QED) is 0.887. The van der Waals surface area contributed by atoms with Crippen molar-refractivity contribution in [2.24, 2.45) is 12.8 Å². The van der Waals surface area contributed by atoms with E-state index >= 15 is 0 Å². The first-order chi connectivity index (χ1) is 11.6. The second-order valence-corrected chi connectivity index (χ2v) is 6.70. The maximum atomic E-state index is 12.4. The van der Waals surface area contributed by atoms with E-state index in [1.165, 1.54) is 32.1 Å². The number of nitrogens with one attached hydrogen (secondary N) is 1. The molecule has 1 saturated carbocycles. The topological polar surface area (TPSA) is 72.9 Å². The molecule has 5 nitrogen and oxygen atoms in total. The number of hydrogen-bond donors (Lipinski definition) is 2. The highest BCUT2D eigenvalue weighted by molar-refractivity contribution is 5.94. The zero-order chi connectivity index (χ0) is 16.9. The van der Waals surface area contributed by atoms with Gasteiger partial charge in [-0.2, -0.15) is 5.10 Å². The Labute approximate surface area is 143 Å². The van der Waals surface area contributed by atoms with Crippen LogP contribution in [0.15, 0.2) is 36.4 Å². The molecule has 2 aromatic rings. The van der Waals surface area contributed by atoms with E-state index < -0.39 is 6.04 Å². The highest BCUT2D eigenvalue weighted by atomic mass is 16.2. The molecule has 3 rings (SSSR count). The monoisotopic (exact) mass is 326 g/mol. The highest BCUT2D eigenvalue weighted by Crippen LogP contribution is 2.32. The molecule has 0 unspecified atom stereocenters. The van der Waals surface area contributed by atoms with Crippen LogP contribution in [0.3, 0.4) is 0 Å². The van der Waals surface area contributed by atoms with Crippen molar-refractivity contribution >= 4 is 11.7 Å². The van der Waals surface area contributed by atoms with E-state index in [0.29, 0.717) is 12.3 Å². The van der Waals surface area contributed by atoms with Gasteiger partial charge < -0.3 is 11.1 Å². The first kappa shape index (κ1) is 16.7. The Balaban J connectivity index is 1.62. The fourth-order valence-electron chi connectivity index (χ4n) is 3.38. The van der Waals surface area contributed by atoms with Crippen LogP contribution in [0.4, 0.5) is 5.82 Å². The lowest BCUT2D eigenvalue weighted by Crippen LogP contribution is -2.37. The molecule has 24 heavy (non-hydrogen) atoms. The Bertz CT molecular complexity index is 674. The highest BCUT2D eigenvalue weighted by Gasteiger charge is 2.21. The third kappa shape index (κ3) is 4.03. The molecule has 0 bridgehead atoms. The van der Waals surface area contributed by atoms with Gasteiger partial charge in [-0.1, -0.05) is 49.6 Å². The van der Waals surface area contributed by atoms with E-state index in [1.54, 1.807) is 4.68 Å². The number of anilines is 1. The van der Waals surface area contributed by atoms with Crippen molar-refractivity contribution in [3.63, 3.8) is 0 Å². The van der Waals surface area contributed by atoms with Crippen LogP contribution >= 0.6 is 0 Å². The average molecular weight is 326 g/mol. The molecule has 3 N–H and O–H groups in total. The molecular weight excluding hydrogens is 300 g/mol. The van der Waals surface area contributed by atoms with Gasteiger partial charge in [0.1, 0.15) is 5.82 Å². The first-order valence-electron chi connectivity index (χ1n) is 8.78. The van der Waals surface area contributed by atoms with Crippen LogP contribution in [0.5, 0.6) is 0 Å². The van der Waals surface area contributed by atoms with Crippen molar-refractivity contribution in [1.82, 2.24) is 9.78 Å². The lowest BCUT2D eigenvalue weighted by Gasteiger charge is -2.19. The second-order valence-electron chi connectivity index (χ2n) is 6.70. The number of aryl methyl sites for hydroxylation is 1. The summed E-state index contributed by atoms with van der Waals surface area (Å²) in [6.07, 6.45) is 6.77. The summed E-state index contributed by atoms with van der Waals surface area (Å²) < 4.78 is 1.75. The van der Waals surface area contributed by atoms with Gasteiger partial charge >= 0.3 is 0 Å². The third-order valence-electron chi connectivity index (χ3n) is 4.81. The SMILES string of the molecule is Cn1nc(C2CCCCC2)cc1NC(=O)[C@@H](N)Cc1ccccc1. The van der Waals surface area contributed by atoms with Gasteiger partial charge in [-0.25, -0.2) is 0 Å². The van der Waals surface area contributed by atoms with Gasteiger partial charge in [0.25, 0.3) is 0 Å².